The predicted molar refractivity (Wildman–Crippen MR) is 73.6 cm³/mol. The maximum atomic E-state index is 11.7. The summed E-state index contributed by atoms with van der Waals surface area (Å²) in [6.45, 7) is 2.45. The zero-order chi connectivity index (χ0) is 13.5. The molecule has 0 aliphatic carbocycles. The van der Waals surface area contributed by atoms with Gasteiger partial charge in [-0.25, -0.2) is 4.79 Å². The van der Waals surface area contributed by atoms with E-state index in [0.29, 0.717) is 24.0 Å². The van der Waals surface area contributed by atoms with Crippen LogP contribution in [-0.4, -0.2) is 32.9 Å². The Bertz CT molecular complexity index is 417. The lowest BCUT2D eigenvalue weighted by Crippen LogP contribution is -2.33. The van der Waals surface area contributed by atoms with Crippen LogP contribution >= 0.6 is 0 Å². The van der Waals surface area contributed by atoms with E-state index in [4.69, 9.17) is 9.47 Å². The Morgan fingerprint density at radius 3 is 3.16 bits per heavy atom. The smallest absolute Gasteiger partial charge is 0.411 e. The first kappa shape index (κ1) is 13.7. The lowest BCUT2D eigenvalue weighted by Gasteiger charge is -2.22. The number of hydrogen-bond acceptors (Lipinski definition) is 4. The molecule has 1 saturated heterocycles. The Balaban J connectivity index is 1.76. The van der Waals surface area contributed by atoms with Crippen LogP contribution in [0.2, 0.25) is 0 Å². The van der Waals surface area contributed by atoms with Crippen molar-refractivity contribution in [3.63, 3.8) is 0 Å². The number of amides is 1. The molecule has 0 bridgehead atoms. The predicted octanol–water partition coefficient (Wildman–Crippen LogP) is 2.24. The number of ether oxygens (including phenoxy) is 2. The van der Waals surface area contributed by atoms with Gasteiger partial charge in [0.05, 0.1) is 13.7 Å². The van der Waals surface area contributed by atoms with Crippen molar-refractivity contribution < 1.29 is 14.3 Å². The molecule has 1 heterocycles. The highest BCUT2D eigenvalue weighted by atomic mass is 16.5. The van der Waals surface area contributed by atoms with Crippen LogP contribution in [-0.2, 0) is 4.74 Å². The zero-order valence-corrected chi connectivity index (χ0v) is 11.1. The fraction of sp³-hybridized carbons (Fsp3) is 0.500. The molecule has 19 heavy (non-hydrogen) atoms. The van der Waals surface area contributed by atoms with Crippen molar-refractivity contribution in [2.75, 3.05) is 32.1 Å². The lowest BCUT2D eigenvalue weighted by atomic mass is 10.0. The van der Waals surface area contributed by atoms with Crippen molar-refractivity contribution in [2.45, 2.75) is 12.8 Å². The van der Waals surface area contributed by atoms with Crippen molar-refractivity contribution in [3.8, 4) is 5.75 Å². The molecule has 2 rings (SSSR count). The molecule has 1 atom stereocenters. The second kappa shape index (κ2) is 6.99. The van der Waals surface area contributed by atoms with E-state index in [0.717, 1.165) is 25.9 Å². The van der Waals surface area contributed by atoms with Gasteiger partial charge in [-0.1, -0.05) is 6.07 Å². The third-order valence-electron chi connectivity index (χ3n) is 3.17. The first-order valence-corrected chi connectivity index (χ1v) is 6.56. The minimum absolute atomic E-state index is 0.418. The molecule has 1 unspecified atom stereocenters. The minimum Gasteiger partial charge on any atom is -0.497 e. The largest absolute Gasteiger partial charge is 0.497 e. The van der Waals surface area contributed by atoms with Crippen LogP contribution < -0.4 is 15.4 Å². The van der Waals surface area contributed by atoms with Crippen LogP contribution in [0.3, 0.4) is 0 Å². The Kier molecular flexibility index (Phi) is 5.03. The molecule has 1 fully saturated rings. The van der Waals surface area contributed by atoms with Crippen molar-refractivity contribution in [1.82, 2.24) is 5.32 Å². The Morgan fingerprint density at radius 1 is 1.53 bits per heavy atom. The number of rotatable bonds is 4. The van der Waals surface area contributed by atoms with Crippen LogP contribution in [0.4, 0.5) is 10.5 Å². The van der Waals surface area contributed by atoms with E-state index < -0.39 is 6.09 Å². The van der Waals surface area contributed by atoms with Crippen molar-refractivity contribution >= 4 is 11.8 Å². The highest BCUT2D eigenvalue weighted by molar-refractivity contribution is 5.84. The summed E-state index contributed by atoms with van der Waals surface area (Å²) in [4.78, 5) is 11.7. The molecule has 0 aromatic heterocycles. The number of anilines is 1. The summed E-state index contributed by atoms with van der Waals surface area (Å²) >= 11 is 0. The van der Waals surface area contributed by atoms with E-state index in [9.17, 15) is 4.79 Å². The van der Waals surface area contributed by atoms with Gasteiger partial charge in [-0.05, 0) is 31.5 Å². The average molecular weight is 264 g/mol. The second-order valence-electron chi connectivity index (χ2n) is 4.67. The zero-order valence-electron chi connectivity index (χ0n) is 11.1. The van der Waals surface area contributed by atoms with Crippen LogP contribution in [0.5, 0.6) is 5.75 Å². The third-order valence-corrected chi connectivity index (χ3v) is 3.17. The van der Waals surface area contributed by atoms with Gasteiger partial charge in [0.1, 0.15) is 5.75 Å². The van der Waals surface area contributed by atoms with E-state index in [-0.39, 0.29) is 0 Å². The number of nitrogens with one attached hydrogen (secondary N) is 2. The maximum absolute atomic E-state index is 11.7. The molecule has 0 radical (unpaired) electrons. The van der Waals surface area contributed by atoms with Gasteiger partial charge in [0.25, 0.3) is 0 Å². The van der Waals surface area contributed by atoms with Gasteiger partial charge < -0.3 is 14.8 Å². The van der Waals surface area contributed by atoms with Crippen LogP contribution in [0, 0.1) is 5.92 Å². The molecule has 1 aliphatic rings. The van der Waals surface area contributed by atoms with Crippen LogP contribution in [0.15, 0.2) is 24.3 Å². The van der Waals surface area contributed by atoms with Crippen molar-refractivity contribution in [1.29, 1.82) is 0 Å². The fourth-order valence-corrected chi connectivity index (χ4v) is 2.11. The Morgan fingerprint density at radius 2 is 2.42 bits per heavy atom. The SMILES string of the molecule is COc1cccc(NC(=O)OCC2CCCNC2)c1. The molecule has 0 saturated carbocycles. The number of hydrogen-bond donors (Lipinski definition) is 2. The van der Waals surface area contributed by atoms with E-state index in [1.165, 1.54) is 0 Å². The van der Waals surface area contributed by atoms with E-state index in [1.54, 1.807) is 19.2 Å². The molecule has 1 aromatic rings. The van der Waals surface area contributed by atoms with Crippen LogP contribution in [0.1, 0.15) is 12.8 Å². The highest BCUT2D eigenvalue weighted by Gasteiger charge is 2.15. The van der Waals surface area contributed by atoms with Gasteiger partial charge in [0.15, 0.2) is 0 Å². The summed E-state index contributed by atoms with van der Waals surface area (Å²) < 4.78 is 10.3. The van der Waals surface area contributed by atoms with E-state index in [2.05, 4.69) is 10.6 Å². The molecular formula is C14H20N2O3. The molecule has 104 valence electrons. The van der Waals surface area contributed by atoms with Gasteiger partial charge >= 0.3 is 6.09 Å². The van der Waals surface area contributed by atoms with Gasteiger partial charge in [-0.3, -0.25) is 5.32 Å². The van der Waals surface area contributed by atoms with Crippen LogP contribution in [0.25, 0.3) is 0 Å². The molecule has 5 heteroatoms. The number of piperidine rings is 1. The number of benzene rings is 1. The van der Waals surface area contributed by atoms with E-state index in [1.807, 2.05) is 12.1 Å². The summed E-state index contributed by atoms with van der Waals surface area (Å²) in [5, 5.41) is 5.99. The van der Waals surface area contributed by atoms with E-state index >= 15 is 0 Å². The molecule has 1 aromatic carbocycles. The summed E-state index contributed by atoms with van der Waals surface area (Å²) in [6, 6.07) is 7.19. The average Bonchev–Trinajstić information content (AvgIpc) is 2.46. The molecule has 1 amide bonds. The Hall–Kier alpha value is -1.75. The molecule has 5 nitrogen and oxygen atoms in total. The minimum atomic E-state index is -0.418. The molecule has 0 spiro atoms. The molecular weight excluding hydrogens is 244 g/mol. The lowest BCUT2D eigenvalue weighted by molar-refractivity contribution is 0.132. The summed E-state index contributed by atoms with van der Waals surface area (Å²) in [6.07, 6.45) is 1.84. The number of methoxy groups -OCH3 is 1. The number of carbonyl (C=O) groups is 1. The highest BCUT2D eigenvalue weighted by Crippen LogP contribution is 2.17. The second-order valence-corrected chi connectivity index (χ2v) is 4.67. The third kappa shape index (κ3) is 4.44. The fourth-order valence-electron chi connectivity index (χ4n) is 2.11. The summed E-state index contributed by atoms with van der Waals surface area (Å²) in [7, 11) is 1.59. The molecule has 2 N–H and O–H groups in total. The van der Waals surface area contributed by atoms with Gasteiger partial charge in [-0.2, -0.15) is 0 Å². The monoisotopic (exact) mass is 264 g/mol. The Labute approximate surface area is 113 Å². The quantitative estimate of drug-likeness (QED) is 0.875. The van der Waals surface area contributed by atoms with Gasteiger partial charge in [0.2, 0.25) is 0 Å². The maximum Gasteiger partial charge on any atom is 0.411 e. The standard InChI is InChI=1S/C14H20N2O3/c1-18-13-6-2-5-12(8-13)16-14(17)19-10-11-4-3-7-15-9-11/h2,5-6,8,11,15H,3-4,7,9-10H2,1H3,(H,16,17). The normalized spacial score (nSPS) is 18.7. The first-order chi connectivity index (χ1) is 9.28. The summed E-state index contributed by atoms with van der Waals surface area (Å²) in [5.41, 5.74) is 0.672. The van der Waals surface area contributed by atoms with Crippen molar-refractivity contribution in [3.05, 3.63) is 24.3 Å². The first-order valence-electron chi connectivity index (χ1n) is 6.56. The summed E-state index contributed by atoms with van der Waals surface area (Å²) in [5.74, 6) is 1.12. The van der Waals surface area contributed by atoms with Crippen molar-refractivity contribution in [2.24, 2.45) is 5.92 Å². The topological polar surface area (TPSA) is 59.6 Å². The molecule has 1 aliphatic heterocycles. The van der Waals surface area contributed by atoms with Gasteiger partial charge in [-0.15, -0.1) is 0 Å². The number of carbonyl (C=O) groups excluding carboxylic acids is 1. The van der Waals surface area contributed by atoms with Gasteiger partial charge in [0, 0.05) is 24.2 Å².